The molecule has 1 aliphatic rings. The van der Waals surface area contributed by atoms with E-state index in [-0.39, 0.29) is 5.91 Å². The van der Waals surface area contributed by atoms with Gasteiger partial charge in [-0.2, -0.15) is 5.10 Å². The molecule has 0 spiro atoms. The van der Waals surface area contributed by atoms with E-state index in [4.69, 9.17) is 16.6 Å². The van der Waals surface area contributed by atoms with Crippen molar-refractivity contribution in [1.82, 2.24) is 19.7 Å². The van der Waals surface area contributed by atoms with Crippen molar-refractivity contribution in [3.05, 3.63) is 41.7 Å². The van der Waals surface area contributed by atoms with Gasteiger partial charge in [0.2, 0.25) is 5.91 Å². The monoisotopic (exact) mass is 375 g/mol. The molecule has 8 heteroatoms. The fourth-order valence-corrected chi connectivity index (χ4v) is 4.14. The molecule has 0 N–H and O–H groups in total. The van der Waals surface area contributed by atoms with Crippen molar-refractivity contribution in [3.8, 4) is 0 Å². The smallest absolute Gasteiger partial charge is 0.224 e. The van der Waals surface area contributed by atoms with Crippen LogP contribution in [-0.2, 0) is 11.3 Å². The summed E-state index contributed by atoms with van der Waals surface area (Å²) in [7, 11) is 0. The fourth-order valence-electron chi connectivity index (χ4n) is 2.97. The van der Waals surface area contributed by atoms with Crippen molar-refractivity contribution >= 4 is 44.2 Å². The Bertz CT molecular complexity index is 851. The van der Waals surface area contributed by atoms with E-state index in [2.05, 4.69) is 16.1 Å². The topological polar surface area (TPSA) is 54.3 Å². The number of benzene rings is 1. The molecule has 130 valence electrons. The molecule has 0 bridgehead atoms. The van der Waals surface area contributed by atoms with E-state index in [1.165, 1.54) is 4.70 Å². The minimum Gasteiger partial charge on any atom is -0.345 e. The first kappa shape index (κ1) is 16.4. The molecule has 6 nitrogen and oxygen atoms in total. The Morgan fingerprint density at radius 2 is 2.00 bits per heavy atom. The second-order valence-corrected chi connectivity index (χ2v) is 7.45. The predicted octanol–water partition coefficient (Wildman–Crippen LogP) is 2.89. The van der Waals surface area contributed by atoms with E-state index < -0.39 is 0 Å². The summed E-state index contributed by atoms with van der Waals surface area (Å²) >= 11 is 7.55. The number of fused-ring (bicyclic) bond motifs is 1. The summed E-state index contributed by atoms with van der Waals surface area (Å²) in [6, 6.07) is 8.18. The van der Waals surface area contributed by atoms with Gasteiger partial charge in [0.25, 0.3) is 0 Å². The van der Waals surface area contributed by atoms with E-state index in [0.29, 0.717) is 18.0 Å². The van der Waals surface area contributed by atoms with Crippen LogP contribution in [0.3, 0.4) is 0 Å². The zero-order valence-electron chi connectivity index (χ0n) is 13.6. The molecule has 0 atom stereocenters. The van der Waals surface area contributed by atoms with Crippen LogP contribution >= 0.6 is 22.9 Å². The molecule has 3 aromatic rings. The zero-order chi connectivity index (χ0) is 17.2. The highest BCUT2D eigenvalue weighted by Gasteiger charge is 2.22. The summed E-state index contributed by atoms with van der Waals surface area (Å²) in [5, 5.41) is 5.74. The average molecular weight is 376 g/mol. The van der Waals surface area contributed by atoms with Gasteiger partial charge in [-0.3, -0.25) is 9.48 Å². The fraction of sp³-hybridized carbons (Fsp3) is 0.353. The van der Waals surface area contributed by atoms with Crippen molar-refractivity contribution in [1.29, 1.82) is 0 Å². The molecule has 2 aromatic heterocycles. The molecule has 1 amide bonds. The summed E-state index contributed by atoms with van der Waals surface area (Å²) in [6.45, 7) is 3.66. The van der Waals surface area contributed by atoms with Crippen molar-refractivity contribution < 1.29 is 4.79 Å². The lowest BCUT2D eigenvalue weighted by atomic mass is 10.3. The van der Waals surface area contributed by atoms with E-state index in [1.807, 2.05) is 23.1 Å². The average Bonchev–Trinajstić information content (AvgIpc) is 3.25. The number of para-hydroxylation sites is 1. The largest absolute Gasteiger partial charge is 0.345 e. The van der Waals surface area contributed by atoms with Crippen LogP contribution in [0, 0.1) is 0 Å². The number of hydrogen-bond donors (Lipinski definition) is 0. The summed E-state index contributed by atoms with van der Waals surface area (Å²) in [5.41, 5.74) is 1.04. The van der Waals surface area contributed by atoms with Gasteiger partial charge in [-0.15, -0.1) is 0 Å². The SMILES string of the molecule is O=C(CCn1cc(Cl)cn1)N1CCN(c2nc3ccccc3s2)CC1. The van der Waals surface area contributed by atoms with Crippen LogP contribution in [0.1, 0.15) is 6.42 Å². The Morgan fingerprint density at radius 1 is 1.20 bits per heavy atom. The van der Waals surface area contributed by atoms with Crippen molar-refractivity contribution in [2.45, 2.75) is 13.0 Å². The van der Waals surface area contributed by atoms with Gasteiger partial charge in [0, 0.05) is 45.3 Å². The number of rotatable bonds is 4. The first-order chi connectivity index (χ1) is 12.2. The number of carbonyl (C=O) groups is 1. The van der Waals surface area contributed by atoms with Gasteiger partial charge >= 0.3 is 0 Å². The number of anilines is 1. The molecule has 25 heavy (non-hydrogen) atoms. The van der Waals surface area contributed by atoms with Gasteiger partial charge < -0.3 is 9.80 Å². The number of aromatic nitrogens is 3. The van der Waals surface area contributed by atoms with Crippen LogP contribution in [0.2, 0.25) is 5.02 Å². The number of carbonyl (C=O) groups excluding carboxylic acids is 1. The molecule has 0 radical (unpaired) electrons. The molecular weight excluding hydrogens is 358 g/mol. The maximum Gasteiger partial charge on any atom is 0.224 e. The lowest BCUT2D eigenvalue weighted by Crippen LogP contribution is -2.48. The number of halogens is 1. The predicted molar refractivity (Wildman–Crippen MR) is 100 cm³/mol. The summed E-state index contributed by atoms with van der Waals surface area (Å²) < 4.78 is 2.91. The van der Waals surface area contributed by atoms with Gasteiger partial charge in [0.1, 0.15) is 0 Å². The van der Waals surface area contributed by atoms with E-state index in [0.717, 1.165) is 36.8 Å². The minimum absolute atomic E-state index is 0.163. The molecule has 1 saturated heterocycles. The van der Waals surface area contributed by atoms with Gasteiger partial charge in [0.15, 0.2) is 5.13 Å². The van der Waals surface area contributed by atoms with Crippen molar-refractivity contribution in [3.63, 3.8) is 0 Å². The van der Waals surface area contributed by atoms with E-state index >= 15 is 0 Å². The Morgan fingerprint density at radius 3 is 2.72 bits per heavy atom. The van der Waals surface area contributed by atoms with E-state index in [9.17, 15) is 4.79 Å². The molecule has 0 unspecified atom stereocenters. The van der Waals surface area contributed by atoms with Crippen molar-refractivity contribution in [2.24, 2.45) is 0 Å². The normalized spacial score (nSPS) is 15.1. The number of nitrogens with zero attached hydrogens (tertiary/aromatic N) is 5. The zero-order valence-corrected chi connectivity index (χ0v) is 15.2. The molecule has 3 heterocycles. The van der Waals surface area contributed by atoms with Gasteiger partial charge in [-0.1, -0.05) is 35.1 Å². The minimum atomic E-state index is 0.163. The number of aryl methyl sites for hydroxylation is 1. The molecule has 4 rings (SSSR count). The third-order valence-electron chi connectivity index (χ3n) is 4.34. The molecule has 0 saturated carbocycles. The summed E-state index contributed by atoms with van der Waals surface area (Å²) in [6.07, 6.45) is 3.77. The third kappa shape index (κ3) is 3.62. The molecule has 1 aliphatic heterocycles. The lowest BCUT2D eigenvalue weighted by molar-refractivity contribution is -0.131. The molecular formula is C17H18ClN5OS. The van der Waals surface area contributed by atoms with E-state index in [1.54, 1.807) is 28.4 Å². The summed E-state index contributed by atoms with van der Waals surface area (Å²) in [5.74, 6) is 0.163. The van der Waals surface area contributed by atoms with Gasteiger partial charge in [-0.25, -0.2) is 4.98 Å². The molecule has 1 fully saturated rings. The van der Waals surface area contributed by atoms with Crippen LogP contribution in [0.25, 0.3) is 10.2 Å². The second-order valence-electron chi connectivity index (χ2n) is 6.00. The highest BCUT2D eigenvalue weighted by molar-refractivity contribution is 7.22. The third-order valence-corrected chi connectivity index (χ3v) is 5.63. The Labute approximate surface area is 154 Å². The van der Waals surface area contributed by atoms with Gasteiger partial charge in [0.05, 0.1) is 21.4 Å². The highest BCUT2D eigenvalue weighted by atomic mass is 35.5. The van der Waals surface area contributed by atoms with Crippen LogP contribution in [0.5, 0.6) is 0 Å². The van der Waals surface area contributed by atoms with Crippen LogP contribution < -0.4 is 4.90 Å². The number of thiazole rings is 1. The first-order valence-corrected chi connectivity index (χ1v) is 9.45. The van der Waals surface area contributed by atoms with Gasteiger partial charge in [-0.05, 0) is 12.1 Å². The Balaban J connectivity index is 1.32. The standard InChI is InChI=1S/C17H18ClN5OS/c18-13-11-19-23(12-13)6-5-16(24)21-7-9-22(10-8-21)17-20-14-3-1-2-4-15(14)25-17/h1-4,11-12H,5-10H2. The maximum absolute atomic E-state index is 12.4. The quantitative estimate of drug-likeness (QED) is 0.703. The maximum atomic E-state index is 12.4. The van der Waals surface area contributed by atoms with Crippen molar-refractivity contribution in [2.75, 3.05) is 31.1 Å². The van der Waals surface area contributed by atoms with Crippen LogP contribution in [0.4, 0.5) is 5.13 Å². The van der Waals surface area contributed by atoms with Crippen LogP contribution in [-0.4, -0.2) is 51.8 Å². The lowest BCUT2D eigenvalue weighted by Gasteiger charge is -2.34. The molecule has 1 aromatic carbocycles. The number of piperazine rings is 1. The second kappa shape index (κ2) is 7.01. The Kier molecular flexibility index (Phi) is 4.59. The first-order valence-electron chi connectivity index (χ1n) is 8.25. The number of hydrogen-bond acceptors (Lipinski definition) is 5. The summed E-state index contributed by atoms with van der Waals surface area (Å²) in [4.78, 5) is 21.3. The molecule has 0 aliphatic carbocycles. The highest BCUT2D eigenvalue weighted by Crippen LogP contribution is 2.29. The number of amides is 1. The Hall–Kier alpha value is -2.12. The van der Waals surface area contributed by atoms with Crippen LogP contribution in [0.15, 0.2) is 36.7 Å².